The molecule has 6 aromatic carbocycles. The highest BCUT2D eigenvalue weighted by molar-refractivity contribution is 7.26. The third-order valence-electron chi connectivity index (χ3n) is 11.9. The van der Waals surface area contributed by atoms with Crippen LogP contribution in [0.15, 0.2) is 182 Å². The van der Waals surface area contributed by atoms with Crippen LogP contribution < -0.4 is 0 Å². The van der Waals surface area contributed by atoms with Gasteiger partial charge in [-0.25, -0.2) is 9.97 Å². The molecule has 4 heterocycles. The van der Waals surface area contributed by atoms with Crippen LogP contribution in [0.5, 0.6) is 0 Å². The van der Waals surface area contributed by atoms with Gasteiger partial charge in [0.1, 0.15) is 0 Å². The molecule has 4 aromatic heterocycles. The quantitative estimate of drug-likeness (QED) is 0.179. The minimum atomic E-state index is -0.577. The van der Waals surface area contributed by atoms with Gasteiger partial charge in [-0.3, -0.25) is 9.97 Å². The number of aromatic nitrogens is 4. The molecule has 4 nitrogen and oxygen atoms in total. The van der Waals surface area contributed by atoms with Crippen molar-refractivity contribution in [3.05, 3.63) is 216 Å². The van der Waals surface area contributed by atoms with E-state index in [0.717, 1.165) is 39.3 Å². The van der Waals surface area contributed by atoms with Crippen molar-refractivity contribution in [2.45, 2.75) is 5.41 Å². The SMILES string of the molecule is C1=Cc2ccc(-c3cc(-c4ccc(-c5cccnc5)nc4)nc(-c4ccccc4)n3)cc2C2(c3ccccc31)c1ccccc1-c1c2ccc2c1sc1ccccc12. The van der Waals surface area contributed by atoms with Crippen molar-refractivity contribution in [3.63, 3.8) is 0 Å². The van der Waals surface area contributed by atoms with Gasteiger partial charge in [0.05, 0.1) is 22.5 Å². The van der Waals surface area contributed by atoms with E-state index in [1.54, 1.807) is 6.20 Å². The van der Waals surface area contributed by atoms with Gasteiger partial charge in [-0.15, -0.1) is 11.3 Å². The maximum Gasteiger partial charge on any atom is 0.160 e. The van der Waals surface area contributed by atoms with Gasteiger partial charge in [-0.05, 0) is 81.4 Å². The first kappa shape index (κ1) is 32.9. The molecule has 0 saturated heterocycles. The third kappa shape index (κ3) is 4.87. The Kier molecular flexibility index (Phi) is 7.28. The summed E-state index contributed by atoms with van der Waals surface area (Å²) in [6.07, 6.45) is 10.1. The van der Waals surface area contributed by atoms with E-state index < -0.39 is 5.41 Å². The third-order valence-corrected chi connectivity index (χ3v) is 13.1. The largest absolute Gasteiger partial charge is 0.264 e. The van der Waals surface area contributed by atoms with Crippen LogP contribution in [0.1, 0.15) is 33.4 Å². The lowest BCUT2D eigenvalue weighted by Crippen LogP contribution is -2.30. The molecule has 0 saturated carbocycles. The van der Waals surface area contributed by atoms with Gasteiger partial charge in [0.2, 0.25) is 0 Å². The van der Waals surface area contributed by atoms with Crippen molar-refractivity contribution >= 4 is 43.7 Å². The van der Waals surface area contributed by atoms with Crippen molar-refractivity contribution in [1.29, 1.82) is 0 Å². The molecule has 1 unspecified atom stereocenters. The van der Waals surface area contributed by atoms with Crippen LogP contribution in [-0.2, 0) is 5.41 Å². The Morgan fingerprint density at radius 3 is 2.02 bits per heavy atom. The van der Waals surface area contributed by atoms with E-state index in [2.05, 4.69) is 145 Å². The molecular formula is C53H32N4S. The summed E-state index contributed by atoms with van der Waals surface area (Å²) in [7, 11) is 0. The van der Waals surface area contributed by atoms with Gasteiger partial charge in [0.15, 0.2) is 5.82 Å². The van der Waals surface area contributed by atoms with Crippen molar-refractivity contribution in [2.24, 2.45) is 0 Å². The number of hydrogen-bond donors (Lipinski definition) is 0. The highest BCUT2D eigenvalue weighted by atomic mass is 32.1. The highest BCUT2D eigenvalue weighted by Gasteiger charge is 2.49. The topological polar surface area (TPSA) is 51.6 Å². The highest BCUT2D eigenvalue weighted by Crippen LogP contribution is 2.61. The van der Waals surface area contributed by atoms with E-state index in [0.29, 0.717) is 5.82 Å². The molecule has 10 aromatic rings. The molecule has 0 bridgehead atoms. The fourth-order valence-electron chi connectivity index (χ4n) is 9.31. The standard InChI is InChI=1S/C53H32N4S/c1-2-12-35(13-3-1)52-56-47(30-48(57-52)38-24-27-46(55-32-38)37-14-10-28-54-31-37)36-23-22-34-21-20-33-11-4-7-17-42(33)53(45(34)29-36)43-18-8-5-16-41(43)50-44(53)26-25-40-39-15-6-9-19-49(39)58-51(40)50/h1-32H. The summed E-state index contributed by atoms with van der Waals surface area (Å²) in [5, 5.41) is 2.62. The minimum absolute atomic E-state index is 0.577. The van der Waals surface area contributed by atoms with E-state index in [-0.39, 0.29) is 0 Å². The summed E-state index contributed by atoms with van der Waals surface area (Å²) in [6, 6.07) is 58.9. The molecule has 0 fully saturated rings. The van der Waals surface area contributed by atoms with Crippen LogP contribution in [0, 0.1) is 0 Å². The zero-order valence-corrected chi connectivity index (χ0v) is 32.0. The van der Waals surface area contributed by atoms with Crippen LogP contribution in [-0.4, -0.2) is 19.9 Å². The maximum absolute atomic E-state index is 5.29. The van der Waals surface area contributed by atoms with Crippen LogP contribution in [0.2, 0.25) is 0 Å². The average molecular weight is 757 g/mol. The number of rotatable bonds is 4. The van der Waals surface area contributed by atoms with Crippen molar-refractivity contribution in [2.75, 3.05) is 0 Å². The Morgan fingerprint density at radius 1 is 0.448 bits per heavy atom. The van der Waals surface area contributed by atoms with Crippen LogP contribution in [0.4, 0.5) is 0 Å². The summed E-state index contributed by atoms with van der Waals surface area (Å²) in [4.78, 5) is 19.6. The first-order chi connectivity index (χ1) is 28.7. The van der Waals surface area contributed by atoms with Crippen LogP contribution in [0.25, 0.3) is 88.6 Å². The maximum atomic E-state index is 5.29. The Labute approximate surface area is 339 Å². The molecule has 0 amide bonds. The van der Waals surface area contributed by atoms with Crippen LogP contribution in [0.3, 0.4) is 0 Å². The van der Waals surface area contributed by atoms with E-state index in [1.807, 2.05) is 60.1 Å². The summed E-state index contributed by atoms with van der Waals surface area (Å²) in [6.45, 7) is 0. The average Bonchev–Trinajstić information content (AvgIpc) is 3.78. The van der Waals surface area contributed by atoms with E-state index in [9.17, 15) is 0 Å². The lowest BCUT2D eigenvalue weighted by Gasteiger charge is -2.35. The second-order valence-electron chi connectivity index (χ2n) is 15.0. The van der Waals surface area contributed by atoms with Gasteiger partial charge < -0.3 is 0 Å². The van der Waals surface area contributed by atoms with E-state index in [1.165, 1.54) is 64.7 Å². The Hall–Kier alpha value is -7.34. The molecule has 58 heavy (non-hydrogen) atoms. The second-order valence-corrected chi connectivity index (χ2v) is 16.0. The van der Waals surface area contributed by atoms with Crippen molar-refractivity contribution < 1.29 is 0 Å². The zero-order chi connectivity index (χ0) is 38.2. The van der Waals surface area contributed by atoms with Gasteiger partial charge in [0, 0.05) is 66.6 Å². The minimum Gasteiger partial charge on any atom is -0.264 e. The van der Waals surface area contributed by atoms with Gasteiger partial charge >= 0.3 is 0 Å². The number of pyridine rings is 2. The molecular weight excluding hydrogens is 725 g/mol. The fraction of sp³-hybridized carbons (Fsp3) is 0.0189. The number of benzene rings is 6. The molecule has 1 atom stereocenters. The number of hydrogen-bond acceptors (Lipinski definition) is 5. The smallest absolute Gasteiger partial charge is 0.160 e. The van der Waals surface area contributed by atoms with Gasteiger partial charge in [-0.2, -0.15) is 0 Å². The lowest BCUT2D eigenvalue weighted by atomic mass is 9.65. The molecule has 270 valence electrons. The fourth-order valence-corrected chi connectivity index (χ4v) is 10.6. The first-order valence-electron chi connectivity index (χ1n) is 19.5. The second kappa shape index (κ2) is 12.8. The number of nitrogens with zero attached hydrogens (tertiary/aromatic N) is 4. The van der Waals surface area contributed by atoms with Gasteiger partial charge in [-0.1, -0.05) is 133 Å². The Morgan fingerprint density at radius 2 is 1.17 bits per heavy atom. The molecule has 2 aliphatic rings. The number of thiophene rings is 1. The Bertz CT molecular complexity index is 3280. The van der Waals surface area contributed by atoms with E-state index in [4.69, 9.17) is 15.0 Å². The molecule has 0 aliphatic heterocycles. The normalized spacial score (nSPS) is 14.9. The first-order valence-corrected chi connectivity index (χ1v) is 20.3. The molecule has 5 heteroatoms. The molecule has 12 rings (SSSR count). The molecule has 1 spiro atoms. The van der Waals surface area contributed by atoms with Crippen molar-refractivity contribution in [3.8, 4) is 56.3 Å². The number of fused-ring (bicyclic) bond motifs is 13. The predicted octanol–water partition coefficient (Wildman–Crippen LogP) is 13.1. The van der Waals surface area contributed by atoms with Crippen molar-refractivity contribution in [1.82, 2.24) is 19.9 Å². The molecule has 0 radical (unpaired) electrons. The molecule has 2 aliphatic carbocycles. The predicted molar refractivity (Wildman–Crippen MR) is 238 cm³/mol. The zero-order valence-electron chi connectivity index (χ0n) is 31.2. The lowest BCUT2D eigenvalue weighted by molar-refractivity contribution is 0.767. The summed E-state index contributed by atoms with van der Waals surface area (Å²) in [5.41, 5.74) is 16.0. The molecule has 0 N–H and O–H groups in total. The van der Waals surface area contributed by atoms with Gasteiger partial charge in [0.25, 0.3) is 0 Å². The van der Waals surface area contributed by atoms with E-state index >= 15 is 0 Å². The summed E-state index contributed by atoms with van der Waals surface area (Å²) in [5.74, 6) is 0.669. The Balaban J connectivity index is 1.11. The monoisotopic (exact) mass is 756 g/mol. The van der Waals surface area contributed by atoms with Crippen LogP contribution >= 0.6 is 11.3 Å². The summed E-state index contributed by atoms with van der Waals surface area (Å²) < 4.78 is 2.65. The summed E-state index contributed by atoms with van der Waals surface area (Å²) >= 11 is 1.90.